The molecule has 0 spiro atoms. The van der Waals surface area contributed by atoms with Crippen LogP contribution in [0.25, 0.3) is 0 Å². The monoisotopic (exact) mass is 372 g/mol. The standard InChI is InChI=1S/C21H28N2S2/c1-3-17-9-7-10-18(15-17)22-21(24)23(19-11-5-4-6-12-19)16(2)20-13-8-14-25-20/h7-10,13-16,19H,3-6,11-12H2,1-2H3,(H,22,24)/t16-/m1/s1. The van der Waals surface area contributed by atoms with E-state index in [1.165, 1.54) is 42.5 Å². The molecule has 2 aromatic rings. The van der Waals surface area contributed by atoms with Crippen LogP contribution in [0, 0.1) is 0 Å². The maximum Gasteiger partial charge on any atom is 0.174 e. The number of aryl methyl sites for hydroxylation is 1. The number of rotatable bonds is 5. The van der Waals surface area contributed by atoms with Gasteiger partial charge in [-0.1, -0.05) is 44.4 Å². The van der Waals surface area contributed by atoms with Gasteiger partial charge in [0.1, 0.15) is 0 Å². The zero-order valence-electron chi connectivity index (χ0n) is 15.2. The van der Waals surface area contributed by atoms with Crippen molar-refractivity contribution in [3.8, 4) is 0 Å². The van der Waals surface area contributed by atoms with Crippen molar-refractivity contribution in [2.24, 2.45) is 0 Å². The fourth-order valence-electron chi connectivity index (χ4n) is 3.74. The second kappa shape index (κ2) is 8.81. The predicted molar refractivity (Wildman–Crippen MR) is 113 cm³/mol. The number of benzene rings is 1. The van der Waals surface area contributed by atoms with Crippen LogP contribution < -0.4 is 5.32 Å². The summed E-state index contributed by atoms with van der Waals surface area (Å²) in [6.45, 7) is 4.47. The first-order chi connectivity index (χ1) is 12.2. The number of hydrogen-bond donors (Lipinski definition) is 1. The molecule has 2 nitrogen and oxygen atoms in total. The molecule has 1 fully saturated rings. The van der Waals surface area contributed by atoms with E-state index in [9.17, 15) is 0 Å². The summed E-state index contributed by atoms with van der Waals surface area (Å²) in [5, 5.41) is 6.54. The maximum atomic E-state index is 5.89. The summed E-state index contributed by atoms with van der Waals surface area (Å²) in [4.78, 5) is 3.84. The van der Waals surface area contributed by atoms with E-state index in [4.69, 9.17) is 12.2 Å². The number of nitrogens with zero attached hydrogens (tertiary/aromatic N) is 1. The molecule has 1 N–H and O–H groups in total. The molecule has 1 atom stereocenters. The number of thiophene rings is 1. The molecule has 1 heterocycles. The van der Waals surface area contributed by atoms with Gasteiger partial charge in [0, 0.05) is 16.6 Å². The smallest absolute Gasteiger partial charge is 0.174 e. The molecular weight excluding hydrogens is 344 g/mol. The molecule has 25 heavy (non-hydrogen) atoms. The molecule has 0 aliphatic heterocycles. The molecule has 0 radical (unpaired) electrons. The fraction of sp³-hybridized carbons (Fsp3) is 0.476. The molecule has 3 rings (SSSR count). The maximum absolute atomic E-state index is 5.89. The van der Waals surface area contributed by atoms with Gasteiger partial charge >= 0.3 is 0 Å². The molecule has 0 saturated heterocycles. The zero-order valence-corrected chi connectivity index (χ0v) is 16.8. The average Bonchev–Trinajstić information content (AvgIpc) is 3.17. The Kier molecular flexibility index (Phi) is 6.49. The lowest BCUT2D eigenvalue weighted by Gasteiger charge is -2.40. The Labute approximate surface area is 161 Å². The second-order valence-electron chi connectivity index (χ2n) is 6.87. The summed E-state index contributed by atoms with van der Waals surface area (Å²) >= 11 is 7.71. The van der Waals surface area contributed by atoms with Gasteiger partial charge in [0.15, 0.2) is 5.11 Å². The van der Waals surface area contributed by atoms with E-state index in [2.05, 4.69) is 65.8 Å². The van der Waals surface area contributed by atoms with Crippen molar-refractivity contribution in [3.05, 3.63) is 52.2 Å². The second-order valence-corrected chi connectivity index (χ2v) is 8.24. The van der Waals surface area contributed by atoms with Gasteiger partial charge in [-0.3, -0.25) is 0 Å². The zero-order chi connectivity index (χ0) is 17.6. The Morgan fingerprint density at radius 2 is 2.04 bits per heavy atom. The molecule has 1 saturated carbocycles. The van der Waals surface area contributed by atoms with Gasteiger partial charge in [-0.25, -0.2) is 0 Å². The lowest BCUT2D eigenvalue weighted by molar-refractivity contribution is 0.205. The summed E-state index contributed by atoms with van der Waals surface area (Å²) < 4.78 is 0. The van der Waals surface area contributed by atoms with E-state index in [1.807, 2.05) is 11.3 Å². The van der Waals surface area contributed by atoms with E-state index in [1.54, 1.807) is 0 Å². The summed E-state index contributed by atoms with van der Waals surface area (Å²) in [6.07, 6.45) is 7.51. The highest BCUT2D eigenvalue weighted by Gasteiger charge is 2.28. The van der Waals surface area contributed by atoms with Gasteiger partial charge in [0.2, 0.25) is 0 Å². The Balaban J connectivity index is 1.80. The van der Waals surface area contributed by atoms with Crippen LogP contribution in [0.4, 0.5) is 5.69 Å². The highest BCUT2D eigenvalue weighted by Crippen LogP contribution is 2.32. The fourth-order valence-corrected chi connectivity index (χ4v) is 4.95. The number of nitrogens with one attached hydrogen (secondary N) is 1. The third-order valence-corrected chi connectivity index (χ3v) is 6.52. The first kappa shape index (κ1) is 18.4. The number of hydrogen-bond acceptors (Lipinski definition) is 2. The number of anilines is 1. The molecule has 1 aliphatic rings. The lowest BCUT2D eigenvalue weighted by Crippen LogP contribution is -2.45. The average molecular weight is 373 g/mol. The minimum absolute atomic E-state index is 0.317. The Hall–Kier alpha value is -1.39. The van der Waals surface area contributed by atoms with Gasteiger partial charge in [-0.2, -0.15) is 0 Å². The van der Waals surface area contributed by atoms with Crippen molar-refractivity contribution in [1.82, 2.24) is 4.90 Å². The summed E-state index contributed by atoms with van der Waals surface area (Å²) in [5.74, 6) is 0. The van der Waals surface area contributed by atoms with E-state index >= 15 is 0 Å². The lowest BCUT2D eigenvalue weighted by atomic mass is 9.93. The molecule has 0 amide bonds. The molecular formula is C21H28N2S2. The van der Waals surface area contributed by atoms with Gasteiger partial charge in [0.25, 0.3) is 0 Å². The Morgan fingerprint density at radius 3 is 2.72 bits per heavy atom. The summed E-state index contributed by atoms with van der Waals surface area (Å²) in [6, 6.07) is 13.8. The van der Waals surface area contributed by atoms with Crippen LogP contribution in [0.3, 0.4) is 0 Å². The predicted octanol–water partition coefficient (Wildman–Crippen LogP) is 6.40. The molecule has 1 aromatic carbocycles. The van der Waals surface area contributed by atoms with Crippen molar-refractivity contribution in [2.45, 2.75) is 64.5 Å². The van der Waals surface area contributed by atoms with Crippen molar-refractivity contribution >= 4 is 34.4 Å². The molecule has 1 aliphatic carbocycles. The van der Waals surface area contributed by atoms with Gasteiger partial charge in [-0.15, -0.1) is 11.3 Å². The summed E-state index contributed by atoms with van der Waals surface area (Å²) in [5.41, 5.74) is 2.44. The highest BCUT2D eigenvalue weighted by molar-refractivity contribution is 7.80. The van der Waals surface area contributed by atoms with Gasteiger partial charge in [-0.05, 0) is 67.5 Å². The van der Waals surface area contributed by atoms with Crippen LogP contribution in [0.1, 0.15) is 62.4 Å². The van der Waals surface area contributed by atoms with Crippen LogP contribution in [0.2, 0.25) is 0 Å². The van der Waals surface area contributed by atoms with E-state index < -0.39 is 0 Å². The highest BCUT2D eigenvalue weighted by atomic mass is 32.1. The first-order valence-electron chi connectivity index (χ1n) is 9.40. The molecule has 134 valence electrons. The van der Waals surface area contributed by atoms with Crippen molar-refractivity contribution < 1.29 is 0 Å². The van der Waals surface area contributed by atoms with Gasteiger partial charge in [0.05, 0.1) is 6.04 Å². The van der Waals surface area contributed by atoms with Crippen molar-refractivity contribution in [2.75, 3.05) is 5.32 Å². The topological polar surface area (TPSA) is 15.3 Å². The Morgan fingerprint density at radius 1 is 1.24 bits per heavy atom. The molecule has 0 unspecified atom stereocenters. The Bertz CT molecular complexity index is 675. The third-order valence-electron chi connectivity index (χ3n) is 5.16. The number of thiocarbonyl (C=S) groups is 1. The van der Waals surface area contributed by atoms with Crippen LogP contribution in [-0.4, -0.2) is 16.1 Å². The minimum Gasteiger partial charge on any atom is -0.338 e. The normalized spacial score (nSPS) is 16.4. The van der Waals surface area contributed by atoms with Crippen LogP contribution >= 0.6 is 23.6 Å². The van der Waals surface area contributed by atoms with E-state index in [0.717, 1.165) is 17.2 Å². The molecule has 1 aromatic heterocycles. The van der Waals surface area contributed by atoms with Crippen LogP contribution in [0.5, 0.6) is 0 Å². The first-order valence-corrected chi connectivity index (χ1v) is 10.7. The minimum atomic E-state index is 0.317. The van der Waals surface area contributed by atoms with Crippen LogP contribution in [-0.2, 0) is 6.42 Å². The summed E-state index contributed by atoms with van der Waals surface area (Å²) in [7, 11) is 0. The van der Waals surface area contributed by atoms with Crippen molar-refractivity contribution in [3.63, 3.8) is 0 Å². The van der Waals surface area contributed by atoms with Gasteiger partial charge < -0.3 is 10.2 Å². The molecule has 0 bridgehead atoms. The third kappa shape index (κ3) is 4.62. The van der Waals surface area contributed by atoms with Crippen molar-refractivity contribution in [1.29, 1.82) is 0 Å². The molecule has 4 heteroatoms. The van der Waals surface area contributed by atoms with E-state index in [0.29, 0.717) is 12.1 Å². The quantitative estimate of drug-likeness (QED) is 0.611. The SMILES string of the molecule is CCc1cccc(NC(=S)N(C2CCCCC2)[C@H](C)c2cccs2)c1. The van der Waals surface area contributed by atoms with Crippen LogP contribution in [0.15, 0.2) is 41.8 Å². The van der Waals surface area contributed by atoms with E-state index in [-0.39, 0.29) is 0 Å². The largest absolute Gasteiger partial charge is 0.338 e.